The summed E-state index contributed by atoms with van der Waals surface area (Å²) in [4.78, 5) is 0. The van der Waals surface area contributed by atoms with Gasteiger partial charge in [0, 0.05) is 23.0 Å². The van der Waals surface area contributed by atoms with Gasteiger partial charge in [0.2, 0.25) is 0 Å². The van der Waals surface area contributed by atoms with Crippen LogP contribution in [-0.2, 0) is 17.3 Å². The predicted octanol–water partition coefficient (Wildman–Crippen LogP) is 19.9. The van der Waals surface area contributed by atoms with Crippen molar-refractivity contribution in [2.45, 2.75) is 147 Å². The van der Waals surface area contributed by atoms with E-state index in [0.29, 0.717) is 11.8 Å². The number of allylic oxidation sites excluding steroid dienone is 12. The second kappa shape index (κ2) is 26.0. The summed E-state index contributed by atoms with van der Waals surface area (Å²) in [5, 5.41) is 0. The van der Waals surface area contributed by atoms with Gasteiger partial charge in [-0.2, -0.15) is 0 Å². The molecule has 0 fully saturated rings. The van der Waals surface area contributed by atoms with Crippen molar-refractivity contribution < 1.29 is 0 Å². The van der Waals surface area contributed by atoms with Gasteiger partial charge >= 0.3 is 0 Å². The number of fused-ring (bicyclic) bond motifs is 6. The highest BCUT2D eigenvalue weighted by molar-refractivity contribution is 5.83. The third kappa shape index (κ3) is 15.4. The molecule has 0 radical (unpaired) electrons. The van der Waals surface area contributed by atoms with Crippen molar-refractivity contribution in [2.24, 2.45) is 5.92 Å². The lowest BCUT2D eigenvalue weighted by atomic mass is 9.83. The fraction of sp³-hybridized carbons (Fsp3) is 0.333. The number of hydrogen-bond donors (Lipinski definition) is 0. The molecule has 5 aromatic rings. The Morgan fingerprint density at radius 1 is 0.739 bits per heavy atom. The van der Waals surface area contributed by atoms with Crippen LogP contribution < -0.4 is 0 Å². The van der Waals surface area contributed by atoms with Crippen LogP contribution in [0.2, 0.25) is 0 Å². The van der Waals surface area contributed by atoms with E-state index in [0.717, 1.165) is 24.8 Å². The Kier molecular flexibility index (Phi) is 20.9. The summed E-state index contributed by atoms with van der Waals surface area (Å²) in [6.45, 7) is 38.8. The Hall–Kier alpha value is -6.16. The van der Waals surface area contributed by atoms with E-state index < -0.39 is 0 Å². The van der Waals surface area contributed by atoms with Crippen LogP contribution >= 0.6 is 0 Å². The summed E-state index contributed by atoms with van der Waals surface area (Å²) in [6.07, 6.45) is 24.3. The molecule has 0 heteroatoms. The number of rotatable bonds is 6. The van der Waals surface area contributed by atoms with Gasteiger partial charge in [0.05, 0.1) is 0 Å². The van der Waals surface area contributed by atoms with Gasteiger partial charge in [-0.15, -0.1) is 0 Å². The molecule has 8 rings (SSSR count). The highest BCUT2D eigenvalue weighted by Gasteiger charge is 2.30. The molecule has 2 atom stereocenters. The van der Waals surface area contributed by atoms with Crippen molar-refractivity contribution >= 4 is 6.08 Å². The maximum Gasteiger partial charge on any atom is 0.0393 e. The van der Waals surface area contributed by atoms with Crippen LogP contribution in [0.15, 0.2) is 175 Å². The van der Waals surface area contributed by atoms with E-state index in [2.05, 4.69) is 248 Å². The number of hydrogen-bond acceptors (Lipinski definition) is 0. The largest absolute Gasteiger partial charge is 0.0961 e. The molecular weight excluding hydrogens is 829 g/mol. The van der Waals surface area contributed by atoms with E-state index in [4.69, 9.17) is 0 Å². The zero-order valence-corrected chi connectivity index (χ0v) is 45.5. The first-order valence-corrected chi connectivity index (χ1v) is 25.6. The molecule has 0 heterocycles. The van der Waals surface area contributed by atoms with Gasteiger partial charge < -0.3 is 0 Å². The molecule has 0 N–H and O–H groups in total. The first kappa shape index (κ1) is 55.4. The Balaban J connectivity index is 0.000000210. The van der Waals surface area contributed by atoms with E-state index in [1.54, 1.807) is 0 Å². The van der Waals surface area contributed by atoms with Crippen molar-refractivity contribution in [3.8, 4) is 34.1 Å². The first-order valence-electron chi connectivity index (χ1n) is 25.6. The van der Waals surface area contributed by atoms with E-state index in [1.807, 2.05) is 39.0 Å². The second-order valence-corrected chi connectivity index (χ2v) is 20.6. The lowest BCUT2D eigenvalue weighted by Crippen LogP contribution is -2.12. The smallest absolute Gasteiger partial charge is 0.0393 e. The van der Waals surface area contributed by atoms with Crippen molar-refractivity contribution in [3.63, 3.8) is 0 Å². The predicted molar refractivity (Wildman–Crippen MR) is 308 cm³/mol. The molecule has 3 aliphatic carbocycles. The molecule has 0 saturated heterocycles. The number of benzene rings is 5. The molecule has 0 aromatic heterocycles. The molecule has 2 unspecified atom stereocenters. The topological polar surface area (TPSA) is 0 Å². The van der Waals surface area contributed by atoms with Gasteiger partial charge in [-0.05, 0) is 144 Å². The summed E-state index contributed by atoms with van der Waals surface area (Å²) in [5.74, 6) is 7.70. The van der Waals surface area contributed by atoms with E-state index >= 15 is 0 Å². The van der Waals surface area contributed by atoms with E-state index in [-0.39, 0.29) is 10.8 Å². The molecule has 0 bridgehead atoms. The summed E-state index contributed by atoms with van der Waals surface area (Å²) >= 11 is 0. The maximum absolute atomic E-state index is 3.80. The van der Waals surface area contributed by atoms with Crippen molar-refractivity contribution in [1.29, 1.82) is 0 Å². The van der Waals surface area contributed by atoms with E-state index in [9.17, 15) is 0 Å². The highest BCUT2D eigenvalue weighted by Crippen LogP contribution is 2.48. The number of aryl methyl sites for hydroxylation is 2. The van der Waals surface area contributed by atoms with Gasteiger partial charge in [0.25, 0.3) is 0 Å². The molecule has 360 valence electrons. The Morgan fingerprint density at radius 3 is 2.04 bits per heavy atom. The summed E-state index contributed by atoms with van der Waals surface area (Å²) in [6, 6.07) is 35.5. The standard InChI is InChI=1S/C23H30.C22H18.C14H16.C8H14.C2H6/c1-14-11-17(23(6,7)8)13-20-15(2)19-12-16(22(3,4)5)9-10-18(19)21(14)20;1-16(17-7-2-3-8-17)13-14-18-10-6-11-20-15-19-9-4-5-12-21(19)22(18)20;1-12(2)8-4-6-10-14-11-7-5-9-13(14)3;1-4-6-7-8(3)5-2;1-2/h9-13,15H,1-8H3;2-7,9-12,16H,8,15H2,1H3;4-11H,1H2,2-3H3;5-7H,4H2,1-3H3;1-2H3/b;;8-4-,10-6-;7-6-,8-5-;. The summed E-state index contributed by atoms with van der Waals surface area (Å²) in [7, 11) is 0. The average molecular weight is 913 g/mol. The van der Waals surface area contributed by atoms with Crippen molar-refractivity contribution in [1.82, 2.24) is 0 Å². The molecule has 0 saturated carbocycles. The second-order valence-electron chi connectivity index (χ2n) is 20.6. The van der Waals surface area contributed by atoms with Crippen LogP contribution in [0, 0.1) is 31.6 Å². The Labute approximate surface area is 421 Å². The van der Waals surface area contributed by atoms with Crippen molar-refractivity contribution in [3.05, 3.63) is 231 Å². The molecule has 3 aliphatic rings. The average Bonchev–Trinajstić information content (AvgIpc) is 4.08. The normalized spacial score (nSPS) is 14.6. The van der Waals surface area contributed by atoms with Gasteiger partial charge in [-0.25, -0.2) is 0 Å². The first-order chi connectivity index (χ1) is 32.8. The van der Waals surface area contributed by atoms with Crippen LogP contribution in [0.4, 0.5) is 0 Å². The molecule has 69 heavy (non-hydrogen) atoms. The monoisotopic (exact) mass is 913 g/mol. The summed E-state index contributed by atoms with van der Waals surface area (Å²) in [5.41, 5.74) is 23.7. The van der Waals surface area contributed by atoms with Crippen LogP contribution in [0.3, 0.4) is 0 Å². The molecule has 0 aliphatic heterocycles. The Morgan fingerprint density at radius 2 is 1.41 bits per heavy atom. The van der Waals surface area contributed by atoms with Gasteiger partial charge in [0.15, 0.2) is 0 Å². The third-order valence-electron chi connectivity index (χ3n) is 13.0. The van der Waals surface area contributed by atoms with Gasteiger partial charge in [-0.1, -0.05) is 256 Å². The maximum atomic E-state index is 3.80. The van der Waals surface area contributed by atoms with Crippen LogP contribution in [0.1, 0.15) is 171 Å². The fourth-order valence-corrected chi connectivity index (χ4v) is 8.65. The Bertz CT molecular complexity index is 2770. The lowest BCUT2D eigenvalue weighted by molar-refractivity contribution is 0.588. The van der Waals surface area contributed by atoms with Crippen molar-refractivity contribution in [2.75, 3.05) is 0 Å². The SMILES string of the molecule is C/C=C(C)\C=C/CC.C=C(C)/C=C\C=C/c1ccccc1C.CC.CC(C#Cc1cccc2c1-c1ccccc1C2)C1=CC=CC1.Cc1cc(C(C)(C)C)cc2c1-c1ccc(C(C)(C)C)cc1C2C. The summed E-state index contributed by atoms with van der Waals surface area (Å²) < 4.78 is 0. The van der Waals surface area contributed by atoms with Gasteiger partial charge in [-0.3, -0.25) is 0 Å². The quantitative estimate of drug-likeness (QED) is 0.115. The van der Waals surface area contributed by atoms with Crippen LogP contribution in [-0.4, -0.2) is 0 Å². The minimum Gasteiger partial charge on any atom is -0.0961 e. The van der Waals surface area contributed by atoms with Gasteiger partial charge in [0.1, 0.15) is 0 Å². The zero-order chi connectivity index (χ0) is 50.9. The van der Waals surface area contributed by atoms with Crippen LogP contribution in [0.25, 0.3) is 28.3 Å². The van der Waals surface area contributed by atoms with E-state index in [1.165, 1.54) is 89.0 Å². The zero-order valence-electron chi connectivity index (χ0n) is 45.5. The molecule has 0 amide bonds. The molecule has 0 nitrogen and oxygen atoms in total. The molecule has 5 aromatic carbocycles. The fourth-order valence-electron chi connectivity index (χ4n) is 8.65. The van der Waals surface area contributed by atoms with Crippen LogP contribution in [0.5, 0.6) is 0 Å². The highest BCUT2D eigenvalue weighted by atomic mass is 14.3. The lowest BCUT2D eigenvalue weighted by Gasteiger charge is -2.22. The third-order valence-corrected chi connectivity index (χ3v) is 13.0. The molecule has 0 spiro atoms. The minimum absolute atomic E-state index is 0.199. The minimum atomic E-state index is 0.199. The molecular formula is C69H84.